The number of ether oxygens (including phenoxy) is 1. The molecule has 106 valence electrons. The molecule has 0 heterocycles. The van der Waals surface area contributed by atoms with E-state index in [0.717, 1.165) is 24.2 Å². The fraction of sp³-hybridized carbons (Fsp3) is 0.294. The number of hydrogen-bond donors (Lipinski definition) is 1. The van der Waals surface area contributed by atoms with Crippen LogP contribution in [0.15, 0.2) is 48.5 Å². The van der Waals surface area contributed by atoms with Gasteiger partial charge >= 0.3 is 0 Å². The quantitative estimate of drug-likeness (QED) is 0.877. The Morgan fingerprint density at radius 1 is 0.950 bits per heavy atom. The van der Waals surface area contributed by atoms with Gasteiger partial charge in [-0.25, -0.2) is 4.39 Å². The molecular formula is C17H20FNO. The molecular weight excluding hydrogens is 253 g/mol. The first-order valence-electron chi connectivity index (χ1n) is 6.78. The molecule has 2 aromatic rings. The van der Waals surface area contributed by atoms with Crippen molar-refractivity contribution in [3.05, 3.63) is 65.5 Å². The highest BCUT2D eigenvalue weighted by Gasteiger charge is 2.09. The molecule has 0 aliphatic rings. The minimum absolute atomic E-state index is 0.201. The lowest BCUT2D eigenvalue weighted by molar-refractivity contribution is 0.414. The van der Waals surface area contributed by atoms with Crippen LogP contribution in [-0.4, -0.2) is 13.7 Å². The van der Waals surface area contributed by atoms with Crippen molar-refractivity contribution in [2.75, 3.05) is 13.7 Å². The van der Waals surface area contributed by atoms with Crippen molar-refractivity contribution >= 4 is 0 Å². The summed E-state index contributed by atoms with van der Waals surface area (Å²) >= 11 is 0. The molecule has 2 nitrogen and oxygen atoms in total. The van der Waals surface area contributed by atoms with E-state index >= 15 is 0 Å². The van der Waals surface area contributed by atoms with Crippen LogP contribution >= 0.6 is 0 Å². The van der Waals surface area contributed by atoms with Gasteiger partial charge in [0.2, 0.25) is 0 Å². The Labute approximate surface area is 119 Å². The molecule has 0 saturated heterocycles. The molecule has 0 aromatic heterocycles. The average molecular weight is 273 g/mol. The number of hydrogen-bond acceptors (Lipinski definition) is 2. The van der Waals surface area contributed by atoms with Gasteiger partial charge in [-0.1, -0.05) is 24.3 Å². The van der Waals surface area contributed by atoms with E-state index in [1.165, 1.54) is 17.7 Å². The van der Waals surface area contributed by atoms with E-state index in [1.54, 1.807) is 7.11 Å². The van der Waals surface area contributed by atoms with Crippen LogP contribution in [-0.2, 0) is 12.8 Å². The SMILES string of the molecule is COc1ccc(CC(CN)Cc2ccc(F)cc2)cc1. The molecule has 0 bridgehead atoms. The third-order valence-electron chi connectivity index (χ3n) is 3.45. The molecule has 1 unspecified atom stereocenters. The molecule has 0 fully saturated rings. The zero-order valence-corrected chi connectivity index (χ0v) is 11.7. The normalized spacial score (nSPS) is 12.2. The lowest BCUT2D eigenvalue weighted by atomic mass is 9.92. The molecule has 0 saturated carbocycles. The van der Waals surface area contributed by atoms with Gasteiger partial charge in [-0.2, -0.15) is 0 Å². The average Bonchev–Trinajstić information content (AvgIpc) is 2.49. The van der Waals surface area contributed by atoms with Crippen molar-refractivity contribution in [3.8, 4) is 5.75 Å². The minimum atomic E-state index is -0.201. The summed E-state index contributed by atoms with van der Waals surface area (Å²) in [4.78, 5) is 0. The molecule has 0 aliphatic carbocycles. The minimum Gasteiger partial charge on any atom is -0.497 e. The van der Waals surface area contributed by atoms with Crippen LogP contribution in [0.4, 0.5) is 4.39 Å². The molecule has 2 rings (SSSR count). The highest BCUT2D eigenvalue weighted by atomic mass is 19.1. The van der Waals surface area contributed by atoms with Crippen LogP contribution in [0.5, 0.6) is 5.75 Å². The highest BCUT2D eigenvalue weighted by molar-refractivity contribution is 5.27. The van der Waals surface area contributed by atoms with Gasteiger partial charge < -0.3 is 10.5 Å². The van der Waals surface area contributed by atoms with Gasteiger partial charge in [-0.3, -0.25) is 0 Å². The maximum absolute atomic E-state index is 12.9. The summed E-state index contributed by atoms with van der Waals surface area (Å²) in [6.07, 6.45) is 1.78. The second kappa shape index (κ2) is 7.06. The number of methoxy groups -OCH3 is 1. The molecule has 0 radical (unpaired) electrons. The summed E-state index contributed by atoms with van der Waals surface area (Å²) in [5.41, 5.74) is 8.22. The summed E-state index contributed by atoms with van der Waals surface area (Å²) in [6, 6.07) is 14.7. The Morgan fingerprint density at radius 2 is 1.45 bits per heavy atom. The molecule has 2 aromatic carbocycles. The van der Waals surface area contributed by atoms with Gasteiger partial charge in [0.25, 0.3) is 0 Å². The van der Waals surface area contributed by atoms with Gasteiger partial charge in [-0.15, -0.1) is 0 Å². The Balaban J connectivity index is 1.99. The van der Waals surface area contributed by atoms with Crippen LogP contribution in [0.3, 0.4) is 0 Å². The monoisotopic (exact) mass is 273 g/mol. The predicted molar refractivity (Wildman–Crippen MR) is 79.3 cm³/mol. The Bertz CT molecular complexity index is 522. The smallest absolute Gasteiger partial charge is 0.123 e. The number of rotatable bonds is 6. The first-order chi connectivity index (χ1) is 9.71. The van der Waals surface area contributed by atoms with Crippen LogP contribution in [0.2, 0.25) is 0 Å². The first kappa shape index (κ1) is 14.5. The third kappa shape index (κ3) is 4.07. The second-order valence-electron chi connectivity index (χ2n) is 4.98. The van der Waals surface area contributed by atoms with Crippen LogP contribution in [0, 0.1) is 11.7 Å². The lowest BCUT2D eigenvalue weighted by Gasteiger charge is -2.15. The van der Waals surface area contributed by atoms with Gasteiger partial charge in [0.1, 0.15) is 11.6 Å². The Kier molecular flexibility index (Phi) is 5.13. The highest BCUT2D eigenvalue weighted by Crippen LogP contribution is 2.17. The van der Waals surface area contributed by atoms with E-state index in [2.05, 4.69) is 12.1 Å². The van der Waals surface area contributed by atoms with E-state index in [9.17, 15) is 4.39 Å². The maximum atomic E-state index is 12.9. The second-order valence-corrected chi connectivity index (χ2v) is 4.98. The van der Waals surface area contributed by atoms with Crippen molar-refractivity contribution in [2.45, 2.75) is 12.8 Å². The zero-order chi connectivity index (χ0) is 14.4. The third-order valence-corrected chi connectivity index (χ3v) is 3.45. The van der Waals surface area contributed by atoms with Crippen LogP contribution in [0.25, 0.3) is 0 Å². The fourth-order valence-corrected chi connectivity index (χ4v) is 2.29. The summed E-state index contributed by atoms with van der Waals surface area (Å²) < 4.78 is 18.0. The van der Waals surface area contributed by atoms with Gasteiger partial charge in [0.15, 0.2) is 0 Å². The molecule has 1 atom stereocenters. The van der Waals surface area contributed by atoms with E-state index in [-0.39, 0.29) is 5.82 Å². The lowest BCUT2D eigenvalue weighted by Crippen LogP contribution is -2.19. The number of halogens is 1. The zero-order valence-electron chi connectivity index (χ0n) is 11.7. The molecule has 2 N–H and O–H groups in total. The van der Waals surface area contributed by atoms with Crippen molar-refractivity contribution in [1.29, 1.82) is 0 Å². The van der Waals surface area contributed by atoms with Gasteiger partial charge in [0, 0.05) is 0 Å². The van der Waals surface area contributed by atoms with E-state index in [1.807, 2.05) is 24.3 Å². The summed E-state index contributed by atoms with van der Waals surface area (Å²) in [6.45, 7) is 0.614. The van der Waals surface area contributed by atoms with E-state index in [0.29, 0.717) is 12.5 Å². The van der Waals surface area contributed by atoms with E-state index < -0.39 is 0 Å². The van der Waals surface area contributed by atoms with Gasteiger partial charge in [-0.05, 0) is 60.7 Å². The van der Waals surface area contributed by atoms with Crippen molar-refractivity contribution in [3.63, 3.8) is 0 Å². The maximum Gasteiger partial charge on any atom is 0.123 e. The fourth-order valence-electron chi connectivity index (χ4n) is 2.29. The van der Waals surface area contributed by atoms with Gasteiger partial charge in [0.05, 0.1) is 7.11 Å². The first-order valence-corrected chi connectivity index (χ1v) is 6.78. The van der Waals surface area contributed by atoms with Crippen molar-refractivity contribution in [2.24, 2.45) is 11.7 Å². The summed E-state index contributed by atoms with van der Waals surface area (Å²) in [5, 5.41) is 0. The Hall–Kier alpha value is -1.87. The molecule has 20 heavy (non-hydrogen) atoms. The van der Waals surface area contributed by atoms with Crippen molar-refractivity contribution in [1.82, 2.24) is 0 Å². The van der Waals surface area contributed by atoms with Crippen LogP contribution < -0.4 is 10.5 Å². The van der Waals surface area contributed by atoms with E-state index in [4.69, 9.17) is 10.5 Å². The standard InChI is InChI=1S/C17H20FNO/c1-20-17-8-4-14(5-9-17)11-15(12-19)10-13-2-6-16(18)7-3-13/h2-9,15H,10-12,19H2,1H3. The molecule has 0 amide bonds. The van der Waals surface area contributed by atoms with Crippen molar-refractivity contribution < 1.29 is 9.13 Å². The topological polar surface area (TPSA) is 35.2 Å². The molecule has 0 aliphatic heterocycles. The Morgan fingerprint density at radius 3 is 1.90 bits per heavy atom. The summed E-state index contributed by atoms with van der Waals surface area (Å²) in [7, 11) is 1.66. The molecule has 3 heteroatoms. The number of nitrogens with two attached hydrogens (primary N) is 1. The van der Waals surface area contributed by atoms with Crippen LogP contribution in [0.1, 0.15) is 11.1 Å². The molecule has 0 spiro atoms. The predicted octanol–water partition coefficient (Wildman–Crippen LogP) is 3.19. The largest absolute Gasteiger partial charge is 0.497 e. The summed E-state index contributed by atoms with van der Waals surface area (Å²) in [5.74, 6) is 1.01. The number of benzene rings is 2.